The number of allylic oxidation sites excluding steroid dienone is 1. The molecule has 0 aliphatic heterocycles. The molecule has 3 aromatic rings. The number of hydrogen-bond donors (Lipinski definition) is 0. The molecular weight excluding hydrogens is 386 g/mol. The summed E-state index contributed by atoms with van der Waals surface area (Å²) in [5, 5.41) is 9.50. The van der Waals surface area contributed by atoms with Crippen molar-refractivity contribution in [1.29, 1.82) is 5.26 Å². The second kappa shape index (κ2) is 9.26. The summed E-state index contributed by atoms with van der Waals surface area (Å²) in [6.45, 7) is 0. The number of rotatable bonds is 7. The van der Waals surface area contributed by atoms with Crippen LogP contribution in [0.2, 0.25) is 0 Å². The zero-order chi connectivity index (χ0) is 21.5. The van der Waals surface area contributed by atoms with Gasteiger partial charge < -0.3 is 18.6 Å². The number of para-hydroxylation sites is 1. The molecule has 0 N–H and O–H groups in total. The number of nitrogens with zero attached hydrogens (tertiary/aromatic N) is 1. The fraction of sp³-hybridized carbons (Fsp3) is 0.0870. The largest absolute Gasteiger partial charge is 0.496 e. The first-order valence-corrected chi connectivity index (χ1v) is 8.80. The molecule has 0 spiro atoms. The molecule has 0 atom stereocenters. The van der Waals surface area contributed by atoms with Crippen LogP contribution in [0, 0.1) is 11.3 Å². The van der Waals surface area contributed by atoms with Crippen molar-refractivity contribution < 1.29 is 28.2 Å². The number of ketones is 1. The third kappa shape index (κ3) is 4.39. The Balaban J connectivity index is 1.89. The summed E-state index contributed by atoms with van der Waals surface area (Å²) in [5.74, 6) is -0.291. The molecule has 0 unspecified atom stereocenters. The lowest BCUT2D eigenvalue weighted by atomic mass is 10.0. The Morgan fingerprint density at radius 3 is 2.40 bits per heavy atom. The van der Waals surface area contributed by atoms with Gasteiger partial charge >= 0.3 is 5.97 Å². The number of nitriles is 1. The van der Waals surface area contributed by atoms with Crippen LogP contribution in [0.1, 0.15) is 26.5 Å². The highest BCUT2D eigenvalue weighted by Gasteiger charge is 2.18. The van der Waals surface area contributed by atoms with Crippen LogP contribution < -0.4 is 14.2 Å². The number of furan rings is 1. The predicted octanol–water partition coefficient (Wildman–Crippen LogP) is 4.31. The number of benzene rings is 2. The van der Waals surface area contributed by atoms with Gasteiger partial charge in [0.2, 0.25) is 11.5 Å². The molecule has 0 saturated carbocycles. The number of methoxy groups -OCH3 is 2. The van der Waals surface area contributed by atoms with Crippen LogP contribution in [0.15, 0.2) is 70.9 Å². The second-order valence-electron chi connectivity index (χ2n) is 5.98. The van der Waals surface area contributed by atoms with E-state index in [1.807, 2.05) is 6.07 Å². The Hall–Kier alpha value is -4.31. The third-order valence-electron chi connectivity index (χ3n) is 4.14. The minimum absolute atomic E-state index is 0.0511. The third-order valence-corrected chi connectivity index (χ3v) is 4.14. The monoisotopic (exact) mass is 403 g/mol. The minimum Gasteiger partial charge on any atom is -0.496 e. The van der Waals surface area contributed by atoms with E-state index in [2.05, 4.69) is 0 Å². The average molecular weight is 403 g/mol. The molecule has 2 aromatic carbocycles. The Bertz CT molecular complexity index is 1140. The fourth-order valence-electron chi connectivity index (χ4n) is 2.70. The lowest BCUT2D eigenvalue weighted by molar-refractivity contribution is 0.0696. The predicted molar refractivity (Wildman–Crippen MR) is 108 cm³/mol. The highest BCUT2D eigenvalue weighted by Crippen LogP contribution is 2.30. The molecule has 7 nitrogen and oxygen atoms in total. The van der Waals surface area contributed by atoms with E-state index in [0.29, 0.717) is 11.3 Å². The molecule has 0 fully saturated rings. The van der Waals surface area contributed by atoms with Crippen molar-refractivity contribution in [1.82, 2.24) is 0 Å². The summed E-state index contributed by atoms with van der Waals surface area (Å²) in [4.78, 5) is 24.9. The van der Waals surface area contributed by atoms with Crippen LogP contribution in [0.25, 0.3) is 6.08 Å². The molecule has 0 radical (unpaired) electrons. The maximum Gasteiger partial charge on any atom is 0.379 e. The van der Waals surface area contributed by atoms with E-state index in [4.69, 9.17) is 18.6 Å². The SMILES string of the molecule is COc1cc(/C=C(\C#N)C(=O)c2ccccc2OC)ccc1OC(=O)c1ccco1. The van der Waals surface area contributed by atoms with Gasteiger partial charge in [0, 0.05) is 0 Å². The number of Topliss-reactive ketones (excluding diaryl/α,β-unsaturated/α-hetero) is 1. The van der Waals surface area contributed by atoms with Crippen LogP contribution in [0.5, 0.6) is 17.2 Å². The maximum absolute atomic E-state index is 12.8. The summed E-state index contributed by atoms with van der Waals surface area (Å²) >= 11 is 0. The molecule has 0 saturated heterocycles. The highest BCUT2D eigenvalue weighted by atomic mass is 16.6. The molecule has 0 aliphatic rings. The van der Waals surface area contributed by atoms with E-state index >= 15 is 0 Å². The zero-order valence-electron chi connectivity index (χ0n) is 16.2. The number of hydrogen-bond acceptors (Lipinski definition) is 7. The summed E-state index contributed by atoms with van der Waals surface area (Å²) in [5.41, 5.74) is 0.718. The lowest BCUT2D eigenvalue weighted by Gasteiger charge is -2.10. The van der Waals surface area contributed by atoms with E-state index < -0.39 is 11.8 Å². The molecule has 30 heavy (non-hydrogen) atoms. The smallest absolute Gasteiger partial charge is 0.379 e. The average Bonchev–Trinajstić information content (AvgIpc) is 3.33. The minimum atomic E-state index is -0.675. The lowest BCUT2D eigenvalue weighted by Crippen LogP contribution is -2.08. The first kappa shape index (κ1) is 20.4. The Morgan fingerprint density at radius 2 is 1.73 bits per heavy atom. The number of carbonyl (C=O) groups excluding carboxylic acids is 2. The zero-order valence-corrected chi connectivity index (χ0v) is 16.2. The van der Waals surface area contributed by atoms with E-state index in [-0.39, 0.29) is 28.4 Å². The van der Waals surface area contributed by atoms with Gasteiger partial charge in [0.15, 0.2) is 11.5 Å². The van der Waals surface area contributed by atoms with Crippen molar-refractivity contribution in [2.45, 2.75) is 0 Å². The molecular formula is C23H17NO6. The van der Waals surface area contributed by atoms with Gasteiger partial charge in [-0.15, -0.1) is 0 Å². The standard InChI is InChI=1S/C23H17NO6/c1-27-18-7-4-3-6-17(18)22(25)16(14-24)12-15-9-10-19(21(13-15)28-2)30-23(26)20-8-5-11-29-20/h3-13H,1-2H3/b16-12+. The van der Waals surface area contributed by atoms with Crippen molar-refractivity contribution >= 4 is 17.8 Å². The normalized spacial score (nSPS) is 10.8. The molecule has 3 rings (SSSR count). The summed E-state index contributed by atoms with van der Waals surface area (Å²) in [6, 6.07) is 16.3. The molecule has 0 bridgehead atoms. The summed E-state index contributed by atoms with van der Waals surface area (Å²) < 4.78 is 20.8. The Morgan fingerprint density at radius 1 is 0.967 bits per heavy atom. The van der Waals surface area contributed by atoms with Gasteiger partial charge in [-0.1, -0.05) is 18.2 Å². The fourth-order valence-corrected chi connectivity index (χ4v) is 2.70. The van der Waals surface area contributed by atoms with Gasteiger partial charge in [0.05, 0.1) is 26.0 Å². The van der Waals surface area contributed by atoms with Crippen molar-refractivity contribution in [3.8, 4) is 23.3 Å². The van der Waals surface area contributed by atoms with Crippen molar-refractivity contribution in [2.24, 2.45) is 0 Å². The van der Waals surface area contributed by atoms with Gasteiger partial charge in [0.1, 0.15) is 17.4 Å². The van der Waals surface area contributed by atoms with E-state index in [1.54, 1.807) is 42.5 Å². The van der Waals surface area contributed by atoms with Gasteiger partial charge in [-0.2, -0.15) is 5.26 Å². The molecule has 1 heterocycles. The number of carbonyl (C=O) groups is 2. The molecule has 7 heteroatoms. The van der Waals surface area contributed by atoms with Gasteiger partial charge in [0.25, 0.3) is 0 Å². The topological polar surface area (TPSA) is 98.8 Å². The summed E-state index contributed by atoms with van der Waals surface area (Å²) in [7, 11) is 2.87. The molecule has 1 aromatic heterocycles. The van der Waals surface area contributed by atoms with Crippen LogP contribution in [0.4, 0.5) is 0 Å². The van der Waals surface area contributed by atoms with Crippen LogP contribution in [0.3, 0.4) is 0 Å². The van der Waals surface area contributed by atoms with Crippen LogP contribution in [-0.4, -0.2) is 26.0 Å². The second-order valence-corrected chi connectivity index (χ2v) is 5.98. The van der Waals surface area contributed by atoms with E-state index in [1.165, 1.54) is 38.7 Å². The van der Waals surface area contributed by atoms with Crippen molar-refractivity contribution in [3.05, 3.63) is 83.3 Å². The van der Waals surface area contributed by atoms with Crippen LogP contribution >= 0.6 is 0 Å². The quantitative estimate of drug-likeness (QED) is 0.191. The first-order chi connectivity index (χ1) is 14.6. The molecule has 0 amide bonds. The number of ether oxygens (including phenoxy) is 3. The highest BCUT2D eigenvalue weighted by molar-refractivity contribution is 6.15. The van der Waals surface area contributed by atoms with Gasteiger partial charge in [-0.3, -0.25) is 4.79 Å². The summed E-state index contributed by atoms with van der Waals surface area (Å²) in [6.07, 6.45) is 2.79. The Kier molecular flexibility index (Phi) is 6.30. The van der Waals surface area contributed by atoms with Crippen molar-refractivity contribution in [2.75, 3.05) is 14.2 Å². The molecule has 0 aliphatic carbocycles. The first-order valence-electron chi connectivity index (χ1n) is 8.80. The van der Waals surface area contributed by atoms with Crippen molar-refractivity contribution in [3.63, 3.8) is 0 Å². The van der Waals surface area contributed by atoms with E-state index in [0.717, 1.165) is 0 Å². The number of esters is 1. The van der Waals surface area contributed by atoms with E-state index in [9.17, 15) is 14.9 Å². The maximum atomic E-state index is 12.8. The van der Waals surface area contributed by atoms with Gasteiger partial charge in [-0.25, -0.2) is 4.79 Å². The molecule has 150 valence electrons. The Labute approximate surface area is 172 Å². The van der Waals surface area contributed by atoms with Gasteiger partial charge in [-0.05, 0) is 48.0 Å². The van der Waals surface area contributed by atoms with Crippen LogP contribution in [-0.2, 0) is 0 Å².